The summed E-state index contributed by atoms with van der Waals surface area (Å²) in [6.45, 7) is 6.82. The lowest BCUT2D eigenvalue weighted by Gasteiger charge is -2.21. The molecule has 0 fully saturated rings. The maximum atomic E-state index is 11.8. The molecule has 0 aliphatic carbocycles. The molecule has 0 aliphatic rings. The minimum atomic E-state index is -0.947. The zero-order chi connectivity index (χ0) is 15.3. The lowest BCUT2D eigenvalue weighted by molar-refractivity contribution is -0.119. The van der Waals surface area contributed by atoms with Gasteiger partial charge in [0.2, 0.25) is 5.91 Å². The number of carboxylic acid groups (broad SMARTS) is 1. The van der Waals surface area contributed by atoms with Crippen molar-refractivity contribution in [1.82, 2.24) is 5.32 Å². The van der Waals surface area contributed by atoms with Crippen molar-refractivity contribution in [3.8, 4) is 0 Å². The molecule has 0 bridgehead atoms. The SMILES string of the molecule is Cc1cc(C(=O)O)ccc1N(C)CC(=O)NCC(C)C. The van der Waals surface area contributed by atoms with Crippen LogP contribution in [0.1, 0.15) is 29.8 Å². The van der Waals surface area contributed by atoms with E-state index in [-0.39, 0.29) is 18.0 Å². The molecule has 0 saturated carbocycles. The number of nitrogens with zero attached hydrogens (tertiary/aromatic N) is 1. The van der Waals surface area contributed by atoms with Crippen LogP contribution in [0.25, 0.3) is 0 Å². The number of rotatable bonds is 6. The van der Waals surface area contributed by atoms with Gasteiger partial charge in [-0.15, -0.1) is 0 Å². The van der Waals surface area contributed by atoms with Crippen LogP contribution in [0.5, 0.6) is 0 Å². The van der Waals surface area contributed by atoms with Gasteiger partial charge < -0.3 is 15.3 Å². The zero-order valence-electron chi connectivity index (χ0n) is 12.4. The second kappa shape index (κ2) is 6.93. The van der Waals surface area contributed by atoms with Crippen LogP contribution in [-0.4, -0.2) is 37.1 Å². The Kier molecular flexibility index (Phi) is 5.55. The Morgan fingerprint density at radius 2 is 2.00 bits per heavy atom. The van der Waals surface area contributed by atoms with Gasteiger partial charge in [-0.05, 0) is 36.6 Å². The number of carbonyl (C=O) groups is 2. The van der Waals surface area contributed by atoms with Crippen molar-refractivity contribution in [2.45, 2.75) is 20.8 Å². The highest BCUT2D eigenvalue weighted by molar-refractivity contribution is 5.89. The fraction of sp³-hybridized carbons (Fsp3) is 0.467. The predicted molar refractivity (Wildman–Crippen MR) is 79.3 cm³/mol. The Bertz CT molecular complexity index is 498. The largest absolute Gasteiger partial charge is 0.478 e. The molecule has 1 aromatic rings. The molecule has 1 rings (SSSR count). The van der Waals surface area contributed by atoms with Crippen molar-refractivity contribution in [3.05, 3.63) is 29.3 Å². The van der Waals surface area contributed by atoms with Gasteiger partial charge in [0.25, 0.3) is 0 Å². The fourth-order valence-corrected chi connectivity index (χ4v) is 1.89. The van der Waals surface area contributed by atoms with Crippen LogP contribution in [-0.2, 0) is 4.79 Å². The first kappa shape index (κ1) is 16.0. The number of nitrogens with one attached hydrogen (secondary N) is 1. The van der Waals surface area contributed by atoms with Crippen LogP contribution >= 0.6 is 0 Å². The molecule has 1 aromatic carbocycles. The lowest BCUT2D eigenvalue weighted by atomic mass is 10.1. The van der Waals surface area contributed by atoms with Gasteiger partial charge in [0.05, 0.1) is 12.1 Å². The summed E-state index contributed by atoms with van der Waals surface area (Å²) in [5, 5.41) is 11.8. The minimum absolute atomic E-state index is 0.0390. The van der Waals surface area contributed by atoms with E-state index in [0.717, 1.165) is 11.3 Å². The second-order valence-corrected chi connectivity index (χ2v) is 5.36. The average Bonchev–Trinajstić information content (AvgIpc) is 2.35. The van der Waals surface area contributed by atoms with Gasteiger partial charge >= 0.3 is 5.97 Å². The summed E-state index contributed by atoms with van der Waals surface area (Å²) in [4.78, 5) is 24.5. The van der Waals surface area contributed by atoms with E-state index in [2.05, 4.69) is 5.32 Å². The first-order valence-electron chi connectivity index (χ1n) is 6.63. The van der Waals surface area contributed by atoms with Gasteiger partial charge in [-0.3, -0.25) is 4.79 Å². The van der Waals surface area contributed by atoms with Crippen molar-refractivity contribution < 1.29 is 14.7 Å². The molecule has 2 N–H and O–H groups in total. The molecule has 5 heteroatoms. The molecule has 20 heavy (non-hydrogen) atoms. The molecule has 0 spiro atoms. The van der Waals surface area contributed by atoms with Crippen LogP contribution in [0.15, 0.2) is 18.2 Å². The number of benzene rings is 1. The standard InChI is InChI=1S/C15H22N2O3/c1-10(2)8-16-14(18)9-17(4)13-6-5-12(15(19)20)7-11(13)3/h5-7,10H,8-9H2,1-4H3,(H,16,18)(H,19,20). The Morgan fingerprint density at radius 3 is 2.50 bits per heavy atom. The molecule has 0 heterocycles. The first-order chi connectivity index (χ1) is 9.31. The van der Waals surface area contributed by atoms with E-state index in [0.29, 0.717) is 12.5 Å². The molecular weight excluding hydrogens is 256 g/mol. The smallest absolute Gasteiger partial charge is 0.335 e. The molecule has 1 amide bonds. The summed E-state index contributed by atoms with van der Waals surface area (Å²) >= 11 is 0. The van der Waals surface area contributed by atoms with E-state index in [4.69, 9.17) is 5.11 Å². The molecule has 5 nitrogen and oxygen atoms in total. The number of hydrogen-bond donors (Lipinski definition) is 2. The van der Waals surface area contributed by atoms with Crippen molar-refractivity contribution >= 4 is 17.6 Å². The van der Waals surface area contributed by atoms with Crippen LogP contribution in [0.4, 0.5) is 5.69 Å². The lowest BCUT2D eigenvalue weighted by Crippen LogP contribution is -2.37. The van der Waals surface area contributed by atoms with Crippen molar-refractivity contribution in [2.75, 3.05) is 25.0 Å². The Hall–Kier alpha value is -2.04. The van der Waals surface area contributed by atoms with Crippen LogP contribution < -0.4 is 10.2 Å². The van der Waals surface area contributed by atoms with Crippen molar-refractivity contribution in [3.63, 3.8) is 0 Å². The van der Waals surface area contributed by atoms with Gasteiger partial charge in [0.15, 0.2) is 0 Å². The van der Waals surface area contributed by atoms with E-state index in [9.17, 15) is 9.59 Å². The van der Waals surface area contributed by atoms with Gasteiger partial charge in [0.1, 0.15) is 0 Å². The molecule has 0 atom stereocenters. The van der Waals surface area contributed by atoms with Crippen molar-refractivity contribution in [2.24, 2.45) is 5.92 Å². The van der Waals surface area contributed by atoms with Gasteiger partial charge in [0, 0.05) is 19.3 Å². The van der Waals surface area contributed by atoms with Crippen molar-refractivity contribution in [1.29, 1.82) is 0 Å². The van der Waals surface area contributed by atoms with Gasteiger partial charge in [-0.2, -0.15) is 0 Å². The third-order valence-corrected chi connectivity index (χ3v) is 2.94. The number of amides is 1. The summed E-state index contributed by atoms with van der Waals surface area (Å²) in [6, 6.07) is 4.89. The normalized spacial score (nSPS) is 10.4. The number of anilines is 1. The Balaban J connectivity index is 2.70. The van der Waals surface area contributed by atoms with Crippen LogP contribution in [0.2, 0.25) is 0 Å². The number of hydrogen-bond acceptors (Lipinski definition) is 3. The molecular formula is C15H22N2O3. The number of aromatic carboxylic acids is 1. The second-order valence-electron chi connectivity index (χ2n) is 5.36. The van der Waals surface area contributed by atoms with Gasteiger partial charge in [-0.1, -0.05) is 13.8 Å². The topological polar surface area (TPSA) is 69.6 Å². The fourth-order valence-electron chi connectivity index (χ4n) is 1.89. The molecule has 0 saturated heterocycles. The summed E-state index contributed by atoms with van der Waals surface area (Å²) in [7, 11) is 1.82. The number of carboxylic acids is 1. The van der Waals surface area contributed by atoms with E-state index in [1.807, 2.05) is 32.7 Å². The Morgan fingerprint density at radius 1 is 1.35 bits per heavy atom. The van der Waals surface area contributed by atoms with E-state index in [1.165, 1.54) is 0 Å². The van der Waals surface area contributed by atoms with E-state index in [1.54, 1.807) is 18.2 Å². The number of aryl methyl sites for hydroxylation is 1. The predicted octanol–water partition coefficient (Wildman–Crippen LogP) is 1.90. The van der Waals surface area contributed by atoms with E-state index < -0.39 is 5.97 Å². The maximum absolute atomic E-state index is 11.8. The molecule has 0 radical (unpaired) electrons. The van der Waals surface area contributed by atoms with Crippen LogP contribution in [0.3, 0.4) is 0 Å². The quantitative estimate of drug-likeness (QED) is 0.834. The third kappa shape index (κ3) is 4.57. The highest BCUT2D eigenvalue weighted by atomic mass is 16.4. The number of likely N-dealkylation sites (N-methyl/N-ethyl adjacent to an activating group) is 1. The zero-order valence-corrected chi connectivity index (χ0v) is 12.4. The number of carbonyl (C=O) groups excluding carboxylic acids is 1. The molecule has 0 aliphatic heterocycles. The minimum Gasteiger partial charge on any atom is -0.478 e. The summed E-state index contributed by atoms with van der Waals surface area (Å²) in [5.74, 6) is -0.569. The average molecular weight is 278 g/mol. The maximum Gasteiger partial charge on any atom is 0.335 e. The highest BCUT2D eigenvalue weighted by Gasteiger charge is 2.11. The summed E-state index contributed by atoms with van der Waals surface area (Å²) in [5.41, 5.74) is 1.95. The Labute approximate surface area is 119 Å². The van der Waals surface area contributed by atoms with E-state index >= 15 is 0 Å². The third-order valence-electron chi connectivity index (χ3n) is 2.94. The monoisotopic (exact) mass is 278 g/mol. The highest BCUT2D eigenvalue weighted by Crippen LogP contribution is 2.20. The summed E-state index contributed by atoms with van der Waals surface area (Å²) < 4.78 is 0. The summed E-state index contributed by atoms with van der Waals surface area (Å²) in [6.07, 6.45) is 0. The molecule has 0 aromatic heterocycles. The molecule has 110 valence electrons. The van der Waals surface area contributed by atoms with Crippen LogP contribution in [0, 0.1) is 12.8 Å². The van der Waals surface area contributed by atoms with Gasteiger partial charge in [-0.25, -0.2) is 4.79 Å². The molecule has 0 unspecified atom stereocenters. The first-order valence-corrected chi connectivity index (χ1v) is 6.63.